The Morgan fingerprint density at radius 2 is 1.11 bits per heavy atom. The number of fused-ring (bicyclic) bond motifs is 2. The van der Waals surface area contributed by atoms with Crippen LogP contribution in [0.25, 0.3) is 0 Å². The van der Waals surface area contributed by atoms with Crippen molar-refractivity contribution in [2.75, 3.05) is 0 Å². The first-order valence-electron chi connectivity index (χ1n) is 19.2. The van der Waals surface area contributed by atoms with Crippen LogP contribution in [-0.2, 0) is 0 Å². The van der Waals surface area contributed by atoms with Gasteiger partial charge in [0.25, 0.3) is 0 Å². The van der Waals surface area contributed by atoms with Crippen molar-refractivity contribution in [3.8, 4) is 0 Å². The first kappa shape index (κ1) is 33.6. The number of rotatable bonds is 5. The molecule has 0 bridgehead atoms. The van der Waals surface area contributed by atoms with Crippen molar-refractivity contribution in [3.05, 3.63) is 71.9 Å². The summed E-state index contributed by atoms with van der Waals surface area (Å²) in [5, 5.41) is 0. The second-order valence-electron chi connectivity index (χ2n) is 19.8. The van der Waals surface area contributed by atoms with E-state index in [1.165, 1.54) is 38.5 Å². The molecule has 6 rings (SSSR count). The lowest BCUT2D eigenvalue weighted by molar-refractivity contribution is 0.284. The van der Waals surface area contributed by atoms with Crippen LogP contribution in [0, 0.1) is 75.9 Å². The Morgan fingerprint density at radius 3 is 1.53 bits per heavy atom. The fourth-order valence-electron chi connectivity index (χ4n) is 12.1. The van der Waals surface area contributed by atoms with Crippen molar-refractivity contribution < 1.29 is 0 Å². The second-order valence-corrected chi connectivity index (χ2v) is 24.8. The predicted octanol–water partition coefficient (Wildman–Crippen LogP) is 12.9. The van der Waals surface area contributed by atoms with E-state index in [2.05, 4.69) is 136 Å². The fourth-order valence-corrected chi connectivity index (χ4v) is 18.5. The standard InChI is InChI=1S/C44H68Si/c1-28(2)38-27-40-35(31-20-24-33(25-21-31)44(7,8)9)15-13-17-37(40)42(38)45(10,11)41-29(3)26-39-34(14-12-16-36(39)41)30-18-22-32(23-19-30)43(4,5)6/h12-13,16-22,24,28-29,32-42H,14-15,23,25-27H2,1-11H3/t29?,32?,33?,34?,35-,36?,37?,38?,39?,40?,41?,42?/m1/s1. The molecule has 0 N–H and O–H groups in total. The average Bonchev–Trinajstić information content (AvgIpc) is 3.55. The van der Waals surface area contributed by atoms with Gasteiger partial charge in [0.2, 0.25) is 0 Å². The highest BCUT2D eigenvalue weighted by molar-refractivity contribution is 6.80. The Morgan fingerprint density at radius 1 is 0.644 bits per heavy atom. The summed E-state index contributed by atoms with van der Waals surface area (Å²) in [6, 6.07) is 0. The molecular formula is C44H68Si. The highest BCUT2D eigenvalue weighted by Gasteiger charge is 2.60. The average molecular weight is 625 g/mol. The number of hydrogen-bond donors (Lipinski definition) is 0. The van der Waals surface area contributed by atoms with Crippen LogP contribution in [-0.4, -0.2) is 8.07 Å². The quantitative estimate of drug-likeness (QED) is 0.211. The summed E-state index contributed by atoms with van der Waals surface area (Å²) in [5.74, 6) is 8.52. The van der Waals surface area contributed by atoms with Crippen molar-refractivity contribution in [1.29, 1.82) is 0 Å². The number of allylic oxidation sites excluding steroid dienone is 12. The van der Waals surface area contributed by atoms with E-state index in [1.807, 2.05) is 0 Å². The van der Waals surface area contributed by atoms with Gasteiger partial charge in [-0.2, -0.15) is 0 Å². The van der Waals surface area contributed by atoms with Gasteiger partial charge in [0.1, 0.15) is 0 Å². The molecular weight excluding hydrogens is 557 g/mol. The highest BCUT2D eigenvalue weighted by Crippen LogP contribution is 2.66. The van der Waals surface area contributed by atoms with Crippen molar-refractivity contribution in [1.82, 2.24) is 0 Å². The Hall–Kier alpha value is -1.34. The van der Waals surface area contributed by atoms with E-state index in [0.717, 1.165) is 64.3 Å². The summed E-state index contributed by atoms with van der Waals surface area (Å²) in [5.41, 5.74) is 5.85. The van der Waals surface area contributed by atoms with Crippen LogP contribution in [0.15, 0.2) is 71.9 Å². The molecule has 0 aliphatic heterocycles. The van der Waals surface area contributed by atoms with Crippen LogP contribution >= 0.6 is 0 Å². The van der Waals surface area contributed by atoms with Crippen molar-refractivity contribution >= 4 is 8.07 Å². The van der Waals surface area contributed by atoms with Gasteiger partial charge in [-0.25, -0.2) is 0 Å². The van der Waals surface area contributed by atoms with E-state index < -0.39 is 8.07 Å². The molecule has 11 unspecified atom stereocenters. The lowest BCUT2D eigenvalue weighted by atomic mass is 9.70. The monoisotopic (exact) mass is 625 g/mol. The van der Waals surface area contributed by atoms with Gasteiger partial charge in [0.15, 0.2) is 0 Å². The Bertz CT molecular complexity index is 1270. The Kier molecular flexibility index (Phi) is 9.15. The molecule has 6 aliphatic rings. The molecule has 0 nitrogen and oxygen atoms in total. The molecule has 12 atom stereocenters. The molecule has 0 aromatic heterocycles. The van der Waals surface area contributed by atoms with Gasteiger partial charge in [-0.1, -0.05) is 136 Å². The van der Waals surface area contributed by atoms with E-state index in [0.29, 0.717) is 22.7 Å². The lowest BCUT2D eigenvalue weighted by Crippen LogP contribution is -2.47. The molecule has 0 saturated heterocycles. The molecule has 0 aromatic carbocycles. The first-order valence-corrected chi connectivity index (χ1v) is 22.3. The van der Waals surface area contributed by atoms with E-state index in [1.54, 1.807) is 11.1 Å². The van der Waals surface area contributed by atoms with Crippen molar-refractivity contribution in [3.63, 3.8) is 0 Å². The third-order valence-electron chi connectivity index (χ3n) is 14.5. The minimum atomic E-state index is -1.65. The maximum Gasteiger partial charge on any atom is 0.0553 e. The third-order valence-corrected chi connectivity index (χ3v) is 19.7. The van der Waals surface area contributed by atoms with Crippen LogP contribution in [0.4, 0.5) is 0 Å². The SMILES string of the molecule is CC(C)C1CC2C(C=CC[C@@H]2C2=CCC(C(C)(C)C)C=C2)C1[Si](C)(C)C1C(C)CC2C(C3=CCC(C(C)(C)C)C=C3)CC=CC21. The summed E-state index contributed by atoms with van der Waals surface area (Å²) in [7, 11) is -1.65. The molecule has 45 heavy (non-hydrogen) atoms. The zero-order chi connectivity index (χ0) is 32.5. The highest BCUT2D eigenvalue weighted by atomic mass is 28.3. The summed E-state index contributed by atoms with van der Waals surface area (Å²) >= 11 is 0. The minimum absolute atomic E-state index is 0.353. The van der Waals surface area contributed by atoms with Gasteiger partial charge >= 0.3 is 0 Å². The van der Waals surface area contributed by atoms with E-state index in [4.69, 9.17) is 0 Å². The topological polar surface area (TPSA) is 0 Å². The van der Waals surface area contributed by atoms with Gasteiger partial charge in [-0.05, 0) is 137 Å². The minimum Gasteiger partial charge on any atom is -0.0876 e. The van der Waals surface area contributed by atoms with Crippen LogP contribution in [0.3, 0.4) is 0 Å². The second kappa shape index (κ2) is 12.3. The summed E-state index contributed by atoms with van der Waals surface area (Å²) in [6.07, 6.45) is 34.2. The molecule has 2 saturated carbocycles. The Labute approximate surface area is 280 Å². The van der Waals surface area contributed by atoms with E-state index in [9.17, 15) is 0 Å². The third kappa shape index (κ3) is 6.20. The lowest BCUT2D eigenvalue weighted by Gasteiger charge is -2.48. The normalized spacial score (nSPS) is 41.7. The zero-order valence-electron chi connectivity index (χ0n) is 31.0. The van der Waals surface area contributed by atoms with Gasteiger partial charge in [-0.15, -0.1) is 0 Å². The molecule has 6 aliphatic carbocycles. The molecule has 1 heteroatoms. The van der Waals surface area contributed by atoms with Crippen molar-refractivity contribution in [2.45, 2.75) is 125 Å². The molecule has 2 fully saturated rings. The fraction of sp³-hybridized carbons (Fsp3) is 0.727. The largest absolute Gasteiger partial charge is 0.0876 e. The molecule has 0 spiro atoms. The number of hydrogen-bond acceptors (Lipinski definition) is 0. The zero-order valence-corrected chi connectivity index (χ0v) is 32.0. The molecule has 248 valence electrons. The van der Waals surface area contributed by atoms with Crippen LogP contribution in [0.5, 0.6) is 0 Å². The van der Waals surface area contributed by atoms with Crippen molar-refractivity contribution in [2.24, 2.45) is 75.9 Å². The van der Waals surface area contributed by atoms with Gasteiger partial charge in [0.05, 0.1) is 8.07 Å². The van der Waals surface area contributed by atoms with Crippen LogP contribution in [0.2, 0.25) is 24.2 Å². The van der Waals surface area contributed by atoms with E-state index in [-0.39, 0.29) is 0 Å². The summed E-state index contributed by atoms with van der Waals surface area (Å²) < 4.78 is 0. The smallest absolute Gasteiger partial charge is 0.0553 e. The molecule has 0 heterocycles. The van der Waals surface area contributed by atoms with Gasteiger partial charge in [0, 0.05) is 0 Å². The van der Waals surface area contributed by atoms with Gasteiger partial charge < -0.3 is 0 Å². The van der Waals surface area contributed by atoms with Crippen LogP contribution < -0.4 is 0 Å². The maximum atomic E-state index is 2.87. The Balaban J connectivity index is 1.25. The first-order chi connectivity index (χ1) is 21.1. The maximum absolute atomic E-state index is 2.87. The summed E-state index contributed by atoms with van der Waals surface area (Å²) in [6.45, 7) is 28.0. The van der Waals surface area contributed by atoms with Crippen LogP contribution in [0.1, 0.15) is 101 Å². The van der Waals surface area contributed by atoms with E-state index >= 15 is 0 Å². The molecule has 0 amide bonds. The molecule has 0 aromatic rings. The predicted molar refractivity (Wildman–Crippen MR) is 200 cm³/mol. The van der Waals surface area contributed by atoms with Gasteiger partial charge in [-0.3, -0.25) is 0 Å². The molecule has 0 radical (unpaired) electrons. The summed E-state index contributed by atoms with van der Waals surface area (Å²) in [4.78, 5) is 0.